The molecule has 2 aromatic carbocycles. The molecule has 0 radical (unpaired) electrons. The van der Waals surface area contributed by atoms with E-state index in [4.69, 9.17) is 5.73 Å². The van der Waals surface area contributed by atoms with E-state index in [1.54, 1.807) is 0 Å². The van der Waals surface area contributed by atoms with Gasteiger partial charge >= 0.3 is 0 Å². The standard InChI is InChI=1S/C16H20N2/c1-11-6-8-15(14(17)9-11)18(4)16-10-12(2)5-7-13(16)3/h5-10H,17H2,1-4H3. The maximum absolute atomic E-state index is 6.11. The predicted molar refractivity (Wildman–Crippen MR) is 79.6 cm³/mol. The second kappa shape index (κ2) is 4.73. The molecule has 0 aliphatic heterocycles. The van der Waals surface area contributed by atoms with Crippen molar-refractivity contribution in [2.75, 3.05) is 17.7 Å². The molecule has 2 N–H and O–H groups in total. The lowest BCUT2D eigenvalue weighted by Crippen LogP contribution is -2.13. The molecule has 0 saturated heterocycles. The van der Waals surface area contributed by atoms with E-state index in [1.165, 1.54) is 22.4 Å². The molecule has 0 unspecified atom stereocenters. The van der Waals surface area contributed by atoms with Crippen molar-refractivity contribution in [2.24, 2.45) is 0 Å². The Morgan fingerprint density at radius 2 is 1.44 bits per heavy atom. The Bertz CT molecular complexity index is 573. The van der Waals surface area contributed by atoms with Crippen molar-refractivity contribution in [1.82, 2.24) is 0 Å². The summed E-state index contributed by atoms with van der Waals surface area (Å²) in [7, 11) is 2.06. The number of aryl methyl sites for hydroxylation is 3. The highest BCUT2D eigenvalue weighted by atomic mass is 15.1. The number of anilines is 3. The Balaban J connectivity index is 2.47. The number of hydrogen-bond acceptors (Lipinski definition) is 2. The minimum atomic E-state index is 0.818. The molecule has 0 aliphatic carbocycles. The Kier molecular flexibility index (Phi) is 3.28. The first-order chi connectivity index (χ1) is 8.49. The second-order valence-electron chi connectivity index (χ2n) is 4.91. The molecular weight excluding hydrogens is 220 g/mol. The third kappa shape index (κ3) is 2.33. The Morgan fingerprint density at radius 1 is 0.833 bits per heavy atom. The molecule has 18 heavy (non-hydrogen) atoms. The molecule has 0 aromatic heterocycles. The molecule has 2 rings (SSSR count). The molecule has 0 fully saturated rings. The predicted octanol–water partition coefficient (Wildman–Crippen LogP) is 3.96. The van der Waals surface area contributed by atoms with Crippen LogP contribution in [0.15, 0.2) is 36.4 Å². The van der Waals surface area contributed by atoms with Gasteiger partial charge in [-0.2, -0.15) is 0 Å². The average molecular weight is 240 g/mol. The number of nitrogens with two attached hydrogens (primary N) is 1. The van der Waals surface area contributed by atoms with Crippen LogP contribution in [0.2, 0.25) is 0 Å². The Morgan fingerprint density at radius 3 is 2.11 bits per heavy atom. The van der Waals surface area contributed by atoms with Gasteiger partial charge in [0.1, 0.15) is 0 Å². The topological polar surface area (TPSA) is 29.3 Å². The molecule has 0 bridgehead atoms. The quantitative estimate of drug-likeness (QED) is 0.805. The summed E-state index contributed by atoms with van der Waals surface area (Å²) in [5.41, 5.74) is 12.9. The van der Waals surface area contributed by atoms with Crippen molar-refractivity contribution in [3.05, 3.63) is 53.1 Å². The van der Waals surface area contributed by atoms with Gasteiger partial charge in [0.15, 0.2) is 0 Å². The number of benzene rings is 2. The lowest BCUT2D eigenvalue weighted by molar-refractivity contribution is 1.18. The van der Waals surface area contributed by atoms with Crippen LogP contribution < -0.4 is 10.6 Å². The van der Waals surface area contributed by atoms with Gasteiger partial charge in [-0.3, -0.25) is 0 Å². The number of rotatable bonds is 2. The normalized spacial score (nSPS) is 10.4. The summed E-state index contributed by atoms with van der Waals surface area (Å²) in [4.78, 5) is 2.15. The molecular formula is C16H20N2. The molecule has 0 saturated carbocycles. The summed E-state index contributed by atoms with van der Waals surface area (Å²) in [6.07, 6.45) is 0. The first-order valence-corrected chi connectivity index (χ1v) is 6.16. The van der Waals surface area contributed by atoms with E-state index in [0.717, 1.165) is 11.4 Å². The van der Waals surface area contributed by atoms with Gasteiger partial charge < -0.3 is 10.6 Å². The zero-order chi connectivity index (χ0) is 13.3. The van der Waals surface area contributed by atoms with Crippen LogP contribution in [0.3, 0.4) is 0 Å². The van der Waals surface area contributed by atoms with Gasteiger partial charge in [-0.25, -0.2) is 0 Å². The summed E-state index contributed by atoms with van der Waals surface area (Å²) in [5, 5.41) is 0. The lowest BCUT2D eigenvalue weighted by Gasteiger charge is -2.24. The van der Waals surface area contributed by atoms with Crippen LogP contribution in [0.5, 0.6) is 0 Å². The van der Waals surface area contributed by atoms with Crippen molar-refractivity contribution in [3.8, 4) is 0 Å². The van der Waals surface area contributed by atoms with E-state index in [9.17, 15) is 0 Å². The van der Waals surface area contributed by atoms with Gasteiger partial charge in [0, 0.05) is 12.7 Å². The van der Waals surface area contributed by atoms with Crippen molar-refractivity contribution in [3.63, 3.8) is 0 Å². The number of hydrogen-bond donors (Lipinski definition) is 1. The Labute approximate surface area is 109 Å². The van der Waals surface area contributed by atoms with E-state index in [-0.39, 0.29) is 0 Å². The zero-order valence-electron chi connectivity index (χ0n) is 11.5. The van der Waals surface area contributed by atoms with Crippen molar-refractivity contribution in [1.29, 1.82) is 0 Å². The Hall–Kier alpha value is -1.96. The van der Waals surface area contributed by atoms with Crippen molar-refractivity contribution >= 4 is 17.1 Å². The first-order valence-electron chi connectivity index (χ1n) is 6.16. The van der Waals surface area contributed by atoms with Crippen molar-refractivity contribution < 1.29 is 0 Å². The van der Waals surface area contributed by atoms with Crippen LogP contribution in [0, 0.1) is 20.8 Å². The molecule has 2 aromatic rings. The maximum atomic E-state index is 6.11. The monoisotopic (exact) mass is 240 g/mol. The molecule has 0 spiro atoms. The second-order valence-corrected chi connectivity index (χ2v) is 4.91. The van der Waals surface area contributed by atoms with Gasteiger partial charge in [0.25, 0.3) is 0 Å². The van der Waals surface area contributed by atoms with Crippen LogP contribution in [0.4, 0.5) is 17.1 Å². The lowest BCUT2D eigenvalue weighted by atomic mass is 10.1. The molecule has 2 heteroatoms. The van der Waals surface area contributed by atoms with Crippen LogP contribution in [-0.4, -0.2) is 7.05 Å². The van der Waals surface area contributed by atoms with Crippen LogP contribution in [0.1, 0.15) is 16.7 Å². The molecule has 0 amide bonds. The van der Waals surface area contributed by atoms with Crippen LogP contribution >= 0.6 is 0 Å². The number of nitrogen functional groups attached to an aromatic ring is 1. The van der Waals surface area contributed by atoms with Crippen LogP contribution in [0.25, 0.3) is 0 Å². The van der Waals surface area contributed by atoms with Gasteiger partial charge in [-0.1, -0.05) is 18.2 Å². The summed E-state index contributed by atoms with van der Waals surface area (Å²) in [6, 6.07) is 12.6. The highest BCUT2D eigenvalue weighted by Gasteiger charge is 2.10. The summed E-state index contributed by atoms with van der Waals surface area (Å²) >= 11 is 0. The van der Waals surface area contributed by atoms with Crippen molar-refractivity contribution in [2.45, 2.75) is 20.8 Å². The molecule has 0 aliphatic rings. The largest absolute Gasteiger partial charge is 0.397 e. The third-order valence-electron chi connectivity index (χ3n) is 3.27. The van der Waals surface area contributed by atoms with Gasteiger partial charge in [-0.15, -0.1) is 0 Å². The minimum Gasteiger partial charge on any atom is -0.397 e. The van der Waals surface area contributed by atoms with Gasteiger partial charge in [-0.05, 0) is 55.7 Å². The third-order valence-corrected chi connectivity index (χ3v) is 3.27. The minimum absolute atomic E-state index is 0.818. The van der Waals surface area contributed by atoms with E-state index >= 15 is 0 Å². The molecule has 0 atom stereocenters. The zero-order valence-corrected chi connectivity index (χ0v) is 11.5. The molecule has 2 nitrogen and oxygen atoms in total. The molecule has 94 valence electrons. The fraction of sp³-hybridized carbons (Fsp3) is 0.250. The van der Waals surface area contributed by atoms with E-state index in [1.807, 2.05) is 6.07 Å². The molecule has 0 heterocycles. The smallest absolute Gasteiger partial charge is 0.0642 e. The van der Waals surface area contributed by atoms with Gasteiger partial charge in [0.2, 0.25) is 0 Å². The fourth-order valence-corrected chi connectivity index (χ4v) is 2.19. The fourth-order valence-electron chi connectivity index (χ4n) is 2.19. The van der Waals surface area contributed by atoms with Crippen LogP contribution in [-0.2, 0) is 0 Å². The number of nitrogens with zero attached hydrogens (tertiary/aromatic N) is 1. The highest BCUT2D eigenvalue weighted by molar-refractivity contribution is 5.76. The average Bonchev–Trinajstić information content (AvgIpc) is 2.31. The first kappa shape index (κ1) is 12.5. The van der Waals surface area contributed by atoms with E-state index < -0.39 is 0 Å². The highest BCUT2D eigenvalue weighted by Crippen LogP contribution is 2.31. The summed E-state index contributed by atoms with van der Waals surface area (Å²) < 4.78 is 0. The summed E-state index contributed by atoms with van der Waals surface area (Å²) in [5.74, 6) is 0. The van der Waals surface area contributed by atoms with E-state index in [2.05, 4.69) is 63.1 Å². The van der Waals surface area contributed by atoms with Gasteiger partial charge in [0.05, 0.1) is 11.4 Å². The SMILES string of the molecule is Cc1ccc(N(C)c2cc(C)ccc2C)c(N)c1. The maximum Gasteiger partial charge on any atom is 0.0642 e. The summed E-state index contributed by atoms with van der Waals surface area (Å²) in [6.45, 7) is 6.28. The van der Waals surface area contributed by atoms with E-state index in [0.29, 0.717) is 0 Å².